The maximum Gasteiger partial charge on any atom is 0.143 e. The summed E-state index contributed by atoms with van der Waals surface area (Å²) in [4.78, 5) is 4.65. The maximum absolute atomic E-state index is 7.07. The largest absolute Gasteiger partial charge is 0.455 e. The van der Waals surface area contributed by atoms with Crippen molar-refractivity contribution < 1.29 is 4.42 Å². The summed E-state index contributed by atoms with van der Waals surface area (Å²) < 4.78 is 7.07. The van der Waals surface area contributed by atoms with Gasteiger partial charge in [-0.15, -0.1) is 0 Å². The molecule has 9 aromatic carbocycles. The van der Waals surface area contributed by atoms with E-state index in [-0.39, 0.29) is 0 Å². The molecule has 0 fully saturated rings. The van der Waals surface area contributed by atoms with Gasteiger partial charge in [-0.05, 0) is 88.3 Å². The Morgan fingerprint density at radius 2 is 0.745 bits per heavy atom. The molecular weight excluding hydrogens is 621 g/mol. The van der Waals surface area contributed by atoms with Gasteiger partial charge in [0, 0.05) is 56.0 Å². The second-order valence-corrected chi connectivity index (χ2v) is 12.9. The van der Waals surface area contributed by atoms with E-state index in [1.54, 1.807) is 0 Å². The van der Waals surface area contributed by atoms with E-state index in [1.807, 2.05) is 0 Å². The maximum atomic E-state index is 7.07. The Morgan fingerprint density at radius 3 is 1.29 bits per heavy atom. The van der Waals surface area contributed by atoms with Gasteiger partial charge in [0.2, 0.25) is 0 Å². The number of furan rings is 1. The van der Waals surface area contributed by atoms with Crippen LogP contribution in [-0.2, 0) is 0 Å². The van der Waals surface area contributed by atoms with Crippen LogP contribution in [0.3, 0.4) is 0 Å². The number of para-hydroxylation sites is 4. The van der Waals surface area contributed by atoms with E-state index in [9.17, 15) is 0 Å². The van der Waals surface area contributed by atoms with Crippen LogP contribution in [0.4, 0.5) is 34.1 Å². The third-order valence-corrected chi connectivity index (χ3v) is 9.97. The first-order valence-electron chi connectivity index (χ1n) is 17.4. The van der Waals surface area contributed by atoms with E-state index < -0.39 is 0 Å². The van der Waals surface area contributed by atoms with Crippen LogP contribution in [0.15, 0.2) is 199 Å². The molecular formula is C48H32N2O. The summed E-state index contributed by atoms with van der Waals surface area (Å²) in [5, 5.41) is 9.27. The van der Waals surface area contributed by atoms with Crippen LogP contribution < -0.4 is 9.80 Å². The first-order chi connectivity index (χ1) is 25.3. The SMILES string of the molecule is c1ccc(N(c2ccccc2)c2ccc3c(c2)c2ccccc2c2c3oc3cc(N(c4ccccc4)c4ccccc4)c4ccccc4c32)cc1. The summed E-state index contributed by atoms with van der Waals surface area (Å²) in [6.07, 6.45) is 0. The van der Waals surface area contributed by atoms with Gasteiger partial charge in [-0.1, -0.05) is 121 Å². The van der Waals surface area contributed by atoms with Gasteiger partial charge in [0.15, 0.2) is 0 Å². The molecule has 240 valence electrons. The quantitative estimate of drug-likeness (QED) is 0.167. The Morgan fingerprint density at radius 1 is 0.294 bits per heavy atom. The lowest BCUT2D eigenvalue weighted by molar-refractivity contribution is 0.673. The van der Waals surface area contributed by atoms with Crippen LogP contribution >= 0.6 is 0 Å². The summed E-state index contributed by atoms with van der Waals surface area (Å²) in [7, 11) is 0. The van der Waals surface area contributed by atoms with Crippen LogP contribution in [0.2, 0.25) is 0 Å². The van der Waals surface area contributed by atoms with Gasteiger partial charge in [0.05, 0.1) is 5.69 Å². The molecule has 0 saturated heterocycles. The number of benzene rings is 9. The molecule has 1 aromatic heterocycles. The molecule has 0 saturated carbocycles. The summed E-state index contributed by atoms with van der Waals surface area (Å²) in [5.74, 6) is 0. The van der Waals surface area contributed by atoms with Crippen molar-refractivity contribution in [3.05, 3.63) is 194 Å². The second-order valence-electron chi connectivity index (χ2n) is 12.9. The molecule has 0 aliphatic rings. The van der Waals surface area contributed by atoms with Crippen LogP contribution in [0.1, 0.15) is 0 Å². The number of anilines is 6. The van der Waals surface area contributed by atoms with Crippen LogP contribution in [0.5, 0.6) is 0 Å². The van der Waals surface area contributed by atoms with Gasteiger partial charge >= 0.3 is 0 Å². The van der Waals surface area contributed by atoms with Crippen LogP contribution in [-0.4, -0.2) is 0 Å². The van der Waals surface area contributed by atoms with Gasteiger partial charge in [-0.3, -0.25) is 0 Å². The molecule has 1 heterocycles. The van der Waals surface area contributed by atoms with Gasteiger partial charge < -0.3 is 14.2 Å². The minimum Gasteiger partial charge on any atom is -0.455 e. The standard InChI is InChI=1S/C48H32N2O/c1-5-17-33(18-6-1)49(34-19-7-2-8-20-34)37-29-30-42-43(31-37)38-25-13-15-27-40(38)47-46-41-28-16-14-26-39(41)44(32-45(46)51-48(42)47)50(35-21-9-3-10-22-35)36-23-11-4-12-24-36/h1-32H. The molecule has 10 aromatic rings. The molecule has 0 aliphatic heterocycles. The van der Waals surface area contributed by atoms with Crippen molar-refractivity contribution in [3.63, 3.8) is 0 Å². The van der Waals surface area contributed by atoms with E-state index in [4.69, 9.17) is 4.42 Å². The highest BCUT2D eigenvalue weighted by Gasteiger charge is 2.23. The van der Waals surface area contributed by atoms with E-state index >= 15 is 0 Å². The number of hydrogen-bond acceptors (Lipinski definition) is 3. The predicted molar refractivity (Wildman–Crippen MR) is 216 cm³/mol. The van der Waals surface area contributed by atoms with E-state index in [0.29, 0.717) is 0 Å². The number of rotatable bonds is 6. The normalized spacial score (nSPS) is 11.5. The molecule has 0 aliphatic carbocycles. The molecule has 0 radical (unpaired) electrons. The van der Waals surface area contributed by atoms with Crippen molar-refractivity contribution in [1.29, 1.82) is 0 Å². The molecule has 10 rings (SSSR count). The molecule has 0 atom stereocenters. The smallest absolute Gasteiger partial charge is 0.143 e. The number of hydrogen-bond donors (Lipinski definition) is 0. The van der Waals surface area contributed by atoms with Crippen molar-refractivity contribution in [2.45, 2.75) is 0 Å². The summed E-state index contributed by atoms with van der Waals surface area (Å²) in [6, 6.07) is 68.8. The molecule has 51 heavy (non-hydrogen) atoms. The highest BCUT2D eigenvalue weighted by molar-refractivity contribution is 6.35. The fourth-order valence-corrected chi connectivity index (χ4v) is 7.79. The zero-order chi connectivity index (χ0) is 33.7. The Balaban J connectivity index is 1.28. The number of nitrogens with zero attached hydrogens (tertiary/aromatic N) is 2. The zero-order valence-electron chi connectivity index (χ0n) is 27.8. The third-order valence-electron chi connectivity index (χ3n) is 9.97. The minimum absolute atomic E-state index is 0.868. The molecule has 3 heteroatoms. The molecule has 0 unspecified atom stereocenters. The second kappa shape index (κ2) is 11.9. The lowest BCUT2D eigenvalue weighted by Crippen LogP contribution is -2.10. The van der Waals surface area contributed by atoms with Gasteiger partial charge in [-0.2, -0.15) is 0 Å². The highest BCUT2D eigenvalue weighted by Crippen LogP contribution is 2.48. The van der Waals surface area contributed by atoms with Gasteiger partial charge in [0.25, 0.3) is 0 Å². The lowest BCUT2D eigenvalue weighted by atomic mass is 9.94. The first-order valence-corrected chi connectivity index (χ1v) is 17.4. The molecule has 0 amide bonds. The van der Waals surface area contributed by atoms with Crippen molar-refractivity contribution >= 4 is 88.4 Å². The Hall–Kier alpha value is -6.84. The van der Waals surface area contributed by atoms with E-state index in [1.165, 1.54) is 21.5 Å². The minimum atomic E-state index is 0.868. The lowest BCUT2D eigenvalue weighted by Gasteiger charge is -2.27. The van der Waals surface area contributed by atoms with E-state index in [2.05, 4.69) is 204 Å². The molecule has 3 nitrogen and oxygen atoms in total. The zero-order valence-corrected chi connectivity index (χ0v) is 27.8. The molecule has 0 bridgehead atoms. The molecule has 0 N–H and O–H groups in total. The fourth-order valence-electron chi connectivity index (χ4n) is 7.79. The Labute approximate surface area is 295 Å². The predicted octanol–water partition coefficient (Wildman–Crippen LogP) is 14.0. The fraction of sp³-hybridized carbons (Fsp3) is 0. The monoisotopic (exact) mass is 652 g/mol. The number of fused-ring (bicyclic) bond motifs is 10. The Bertz CT molecular complexity index is 2770. The average Bonchev–Trinajstić information content (AvgIpc) is 3.60. The van der Waals surface area contributed by atoms with Gasteiger partial charge in [0.1, 0.15) is 11.2 Å². The van der Waals surface area contributed by atoms with Crippen molar-refractivity contribution in [2.24, 2.45) is 0 Å². The van der Waals surface area contributed by atoms with Crippen LogP contribution in [0, 0.1) is 0 Å². The van der Waals surface area contributed by atoms with Crippen LogP contribution in [0.25, 0.3) is 54.3 Å². The van der Waals surface area contributed by atoms with Crippen molar-refractivity contribution in [1.82, 2.24) is 0 Å². The average molecular weight is 653 g/mol. The first kappa shape index (κ1) is 29.1. The van der Waals surface area contributed by atoms with Gasteiger partial charge in [-0.25, -0.2) is 0 Å². The Kier molecular flexibility index (Phi) is 6.81. The highest BCUT2D eigenvalue weighted by atomic mass is 16.3. The summed E-state index contributed by atoms with van der Waals surface area (Å²) in [5.41, 5.74) is 8.34. The summed E-state index contributed by atoms with van der Waals surface area (Å²) >= 11 is 0. The molecule has 0 spiro atoms. The van der Waals surface area contributed by atoms with Crippen molar-refractivity contribution in [2.75, 3.05) is 9.80 Å². The summed E-state index contributed by atoms with van der Waals surface area (Å²) in [6.45, 7) is 0. The van der Waals surface area contributed by atoms with E-state index in [0.717, 1.165) is 66.8 Å². The van der Waals surface area contributed by atoms with Crippen molar-refractivity contribution in [3.8, 4) is 0 Å². The third kappa shape index (κ3) is 4.74. The topological polar surface area (TPSA) is 19.6 Å².